The molecule has 1 unspecified atom stereocenters. The highest BCUT2D eigenvalue weighted by Crippen LogP contribution is 2.23. The Kier molecular flexibility index (Phi) is 10.6. The largest absolute Gasteiger partial charge is 0.379 e. The predicted molar refractivity (Wildman–Crippen MR) is 114 cm³/mol. The summed E-state index contributed by atoms with van der Waals surface area (Å²) < 4.78 is 0. The lowest BCUT2D eigenvalue weighted by Gasteiger charge is -2.39. The Labute approximate surface area is 175 Å². The number of aryl methyl sites for hydroxylation is 1. The van der Waals surface area contributed by atoms with Crippen molar-refractivity contribution >= 4 is 30.7 Å². The third-order valence-electron chi connectivity index (χ3n) is 5.46. The highest BCUT2D eigenvalue weighted by Gasteiger charge is 2.42. The molecule has 2 heterocycles. The van der Waals surface area contributed by atoms with Crippen LogP contribution in [-0.2, 0) is 11.2 Å². The number of amides is 1. The van der Waals surface area contributed by atoms with Crippen molar-refractivity contribution in [3.05, 3.63) is 35.9 Å². The van der Waals surface area contributed by atoms with Gasteiger partial charge in [-0.1, -0.05) is 30.3 Å². The quantitative estimate of drug-likeness (QED) is 0.635. The van der Waals surface area contributed by atoms with Crippen LogP contribution in [0.25, 0.3) is 0 Å². The van der Waals surface area contributed by atoms with Crippen LogP contribution in [0.5, 0.6) is 0 Å². The highest BCUT2D eigenvalue weighted by atomic mass is 35.5. The third-order valence-corrected chi connectivity index (χ3v) is 5.46. The summed E-state index contributed by atoms with van der Waals surface area (Å²) >= 11 is 0. The maximum atomic E-state index is 12.8. The molecule has 1 amide bonds. The van der Waals surface area contributed by atoms with Gasteiger partial charge < -0.3 is 20.6 Å². The maximum absolute atomic E-state index is 12.8. The predicted octanol–water partition coefficient (Wildman–Crippen LogP) is 2.16. The third kappa shape index (κ3) is 6.91. The molecule has 27 heavy (non-hydrogen) atoms. The van der Waals surface area contributed by atoms with Crippen molar-refractivity contribution < 1.29 is 9.90 Å². The van der Waals surface area contributed by atoms with Gasteiger partial charge in [-0.2, -0.15) is 0 Å². The first-order chi connectivity index (χ1) is 12.2. The van der Waals surface area contributed by atoms with Crippen molar-refractivity contribution in [2.24, 2.45) is 0 Å². The molecular weight excluding hydrogens is 385 g/mol. The number of piperidine rings is 2. The fraction of sp³-hybridized carbons (Fsp3) is 0.650. The van der Waals surface area contributed by atoms with Crippen LogP contribution in [0.2, 0.25) is 0 Å². The molecule has 2 aliphatic rings. The van der Waals surface area contributed by atoms with E-state index in [0.717, 1.165) is 58.3 Å². The van der Waals surface area contributed by atoms with Gasteiger partial charge in [0.15, 0.2) is 5.60 Å². The normalized spacial score (nSPS) is 23.4. The second-order valence-electron chi connectivity index (χ2n) is 7.42. The topological polar surface area (TPSA) is 64.6 Å². The average Bonchev–Trinajstić information content (AvgIpc) is 2.66. The molecule has 0 radical (unpaired) electrons. The number of halogens is 2. The van der Waals surface area contributed by atoms with Crippen molar-refractivity contribution in [1.82, 2.24) is 15.5 Å². The summed E-state index contributed by atoms with van der Waals surface area (Å²) in [5.74, 6) is -0.0896. The second kappa shape index (κ2) is 11.9. The van der Waals surface area contributed by atoms with Crippen LogP contribution in [0, 0.1) is 0 Å². The van der Waals surface area contributed by atoms with Crippen LogP contribution in [0.1, 0.15) is 37.7 Å². The van der Waals surface area contributed by atoms with Gasteiger partial charge >= 0.3 is 0 Å². The number of rotatable bonds is 7. The fourth-order valence-corrected chi connectivity index (χ4v) is 3.90. The first-order valence-electron chi connectivity index (χ1n) is 9.67. The Morgan fingerprint density at radius 3 is 2.59 bits per heavy atom. The second-order valence-corrected chi connectivity index (χ2v) is 7.42. The first kappa shape index (κ1) is 24.2. The van der Waals surface area contributed by atoms with E-state index >= 15 is 0 Å². The van der Waals surface area contributed by atoms with Crippen LogP contribution in [0.3, 0.4) is 0 Å². The van der Waals surface area contributed by atoms with Gasteiger partial charge in [0.1, 0.15) is 0 Å². The molecule has 1 aromatic carbocycles. The molecule has 0 spiro atoms. The van der Waals surface area contributed by atoms with Crippen molar-refractivity contribution in [3.63, 3.8) is 0 Å². The molecule has 154 valence electrons. The molecule has 2 fully saturated rings. The minimum Gasteiger partial charge on any atom is -0.379 e. The van der Waals surface area contributed by atoms with Gasteiger partial charge in [0, 0.05) is 25.7 Å². The number of carbonyl (C=O) groups excluding carboxylic acids is 1. The lowest BCUT2D eigenvalue weighted by atomic mass is 9.90. The average molecular weight is 418 g/mol. The van der Waals surface area contributed by atoms with Crippen molar-refractivity contribution in [1.29, 1.82) is 0 Å². The molecule has 7 heteroatoms. The van der Waals surface area contributed by atoms with Gasteiger partial charge in [-0.05, 0) is 57.2 Å². The molecule has 2 saturated heterocycles. The van der Waals surface area contributed by atoms with E-state index < -0.39 is 5.60 Å². The molecule has 0 bridgehead atoms. The number of hydrogen-bond acceptors (Lipinski definition) is 4. The standard InChI is InChI=1S/C20H31N3O2.2ClH/c24-19-20(25,16-22-18-9-12-21-13-10-18)11-5-15-23(19)14-4-8-17-6-2-1-3-7-17;;/h1-3,6-7,18,21-22,25H,4-5,8-16H2;2*1H. The molecule has 1 atom stereocenters. The zero-order chi connectivity index (χ0) is 17.5. The summed E-state index contributed by atoms with van der Waals surface area (Å²) in [7, 11) is 0. The van der Waals surface area contributed by atoms with E-state index in [0.29, 0.717) is 19.0 Å². The van der Waals surface area contributed by atoms with E-state index in [1.807, 2.05) is 23.1 Å². The van der Waals surface area contributed by atoms with Crippen molar-refractivity contribution in [2.45, 2.75) is 50.2 Å². The summed E-state index contributed by atoms with van der Waals surface area (Å²) in [5, 5.41) is 17.7. The fourth-order valence-electron chi connectivity index (χ4n) is 3.90. The van der Waals surface area contributed by atoms with Crippen LogP contribution in [0.4, 0.5) is 0 Å². The Morgan fingerprint density at radius 1 is 1.19 bits per heavy atom. The van der Waals surface area contributed by atoms with Crippen molar-refractivity contribution in [3.8, 4) is 0 Å². The van der Waals surface area contributed by atoms with Crippen LogP contribution < -0.4 is 10.6 Å². The van der Waals surface area contributed by atoms with E-state index in [4.69, 9.17) is 0 Å². The molecule has 0 saturated carbocycles. The summed E-state index contributed by atoms with van der Waals surface area (Å²) in [6.07, 6.45) is 5.47. The summed E-state index contributed by atoms with van der Waals surface area (Å²) in [6.45, 7) is 3.89. The van der Waals surface area contributed by atoms with Crippen LogP contribution in [0.15, 0.2) is 30.3 Å². The van der Waals surface area contributed by atoms with Crippen LogP contribution >= 0.6 is 24.8 Å². The molecule has 1 aromatic rings. The molecule has 3 N–H and O–H groups in total. The minimum atomic E-state index is -1.23. The Morgan fingerprint density at radius 2 is 1.89 bits per heavy atom. The smallest absolute Gasteiger partial charge is 0.255 e. The van der Waals surface area contributed by atoms with E-state index in [-0.39, 0.29) is 30.7 Å². The highest BCUT2D eigenvalue weighted by molar-refractivity contribution is 5.86. The molecule has 0 aromatic heterocycles. The summed E-state index contributed by atoms with van der Waals surface area (Å²) in [4.78, 5) is 14.6. The van der Waals surface area contributed by atoms with E-state index in [9.17, 15) is 9.90 Å². The Bertz CT molecular complexity index is 555. The molecule has 3 rings (SSSR count). The van der Waals surface area contributed by atoms with Crippen LogP contribution in [-0.4, -0.2) is 60.3 Å². The monoisotopic (exact) mass is 417 g/mol. The van der Waals surface area contributed by atoms with Crippen molar-refractivity contribution in [2.75, 3.05) is 32.7 Å². The number of aliphatic hydroxyl groups is 1. The number of benzene rings is 1. The van der Waals surface area contributed by atoms with Gasteiger partial charge in [-0.25, -0.2) is 0 Å². The van der Waals surface area contributed by atoms with Gasteiger partial charge in [-0.3, -0.25) is 4.79 Å². The SMILES string of the molecule is Cl.Cl.O=C1N(CCCc2ccccc2)CCCC1(O)CNC1CCNCC1. The lowest BCUT2D eigenvalue weighted by molar-refractivity contribution is -0.156. The molecule has 5 nitrogen and oxygen atoms in total. The number of likely N-dealkylation sites (tertiary alicyclic amines) is 1. The Hall–Kier alpha value is -0.850. The van der Waals surface area contributed by atoms with E-state index in [2.05, 4.69) is 22.8 Å². The van der Waals surface area contributed by atoms with Gasteiger partial charge in [0.25, 0.3) is 5.91 Å². The van der Waals surface area contributed by atoms with Gasteiger partial charge in [0.2, 0.25) is 0 Å². The van der Waals surface area contributed by atoms with Gasteiger partial charge in [-0.15, -0.1) is 24.8 Å². The molecule has 2 aliphatic heterocycles. The minimum absolute atomic E-state index is 0. The molecule has 0 aliphatic carbocycles. The van der Waals surface area contributed by atoms with Gasteiger partial charge in [0.05, 0.1) is 0 Å². The number of hydrogen-bond donors (Lipinski definition) is 3. The number of nitrogens with zero attached hydrogens (tertiary/aromatic N) is 1. The Balaban J connectivity index is 0.00000182. The van der Waals surface area contributed by atoms with E-state index in [1.54, 1.807) is 0 Å². The number of carbonyl (C=O) groups is 1. The maximum Gasteiger partial charge on any atom is 0.255 e. The summed E-state index contributed by atoms with van der Waals surface area (Å²) in [5.41, 5.74) is 0.0744. The zero-order valence-electron chi connectivity index (χ0n) is 15.9. The lowest BCUT2D eigenvalue weighted by Crippen LogP contribution is -2.59. The summed E-state index contributed by atoms with van der Waals surface area (Å²) in [6, 6.07) is 10.8. The molecular formula is C20H33Cl2N3O2. The van der Waals surface area contributed by atoms with E-state index in [1.165, 1.54) is 5.56 Å². The first-order valence-corrected chi connectivity index (χ1v) is 9.67. The zero-order valence-corrected chi connectivity index (χ0v) is 17.5. The number of nitrogens with one attached hydrogen (secondary N) is 2.